The van der Waals surface area contributed by atoms with Crippen molar-refractivity contribution in [3.63, 3.8) is 0 Å². The molecule has 0 aliphatic carbocycles. The van der Waals surface area contributed by atoms with Gasteiger partial charge in [0.1, 0.15) is 6.17 Å². The normalized spacial score (nSPS) is 13.2. The van der Waals surface area contributed by atoms with Gasteiger partial charge >= 0.3 is 0 Å². The molecule has 0 bridgehead atoms. The number of halogens is 1. The summed E-state index contributed by atoms with van der Waals surface area (Å²) in [6.45, 7) is 0.872. The zero-order valence-corrected chi connectivity index (χ0v) is 8.70. The molecule has 1 aromatic carbocycles. The highest BCUT2D eigenvalue weighted by Crippen LogP contribution is 2.17. The Morgan fingerprint density at radius 2 is 2.14 bits per heavy atom. The Kier molecular flexibility index (Phi) is 4.04. The Labute approximate surface area is 84.5 Å². The predicted molar refractivity (Wildman–Crippen MR) is 56.7 cm³/mol. The van der Waals surface area contributed by atoms with Crippen molar-refractivity contribution >= 4 is 0 Å². The van der Waals surface area contributed by atoms with Crippen LogP contribution in [-0.2, 0) is 6.54 Å². The second-order valence-electron chi connectivity index (χ2n) is 3.69. The van der Waals surface area contributed by atoms with Gasteiger partial charge in [-0.3, -0.25) is 0 Å². The number of nitrogens with two attached hydrogens (primary N) is 1. The number of nitrogens with zero attached hydrogens (tertiary/aromatic N) is 1. The van der Waals surface area contributed by atoms with E-state index in [-0.39, 0.29) is 6.54 Å². The molecule has 0 aliphatic heterocycles. The molecule has 1 aromatic rings. The standard InChI is InChI=1S/C11H17FN2/c1-14(2)8-9-4-3-5-10(6-9)11(12)7-13/h3-6,11H,7-8,13H2,1-2H3. The molecule has 0 fully saturated rings. The van der Waals surface area contributed by atoms with Gasteiger partial charge in [-0.05, 0) is 25.2 Å². The van der Waals surface area contributed by atoms with E-state index in [2.05, 4.69) is 4.90 Å². The van der Waals surface area contributed by atoms with Crippen LogP contribution in [0.25, 0.3) is 0 Å². The fourth-order valence-corrected chi connectivity index (χ4v) is 1.39. The Morgan fingerprint density at radius 3 is 2.71 bits per heavy atom. The fraction of sp³-hybridized carbons (Fsp3) is 0.455. The maximum atomic E-state index is 13.2. The van der Waals surface area contributed by atoms with Crippen molar-refractivity contribution in [3.8, 4) is 0 Å². The van der Waals surface area contributed by atoms with Gasteiger partial charge in [0, 0.05) is 13.1 Å². The zero-order valence-electron chi connectivity index (χ0n) is 8.70. The van der Waals surface area contributed by atoms with Crippen molar-refractivity contribution < 1.29 is 4.39 Å². The first-order valence-electron chi connectivity index (χ1n) is 4.71. The highest BCUT2D eigenvalue weighted by atomic mass is 19.1. The maximum absolute atomic E-state index is 13.2. The van der Waals surface area contributed by atoms with Crippen molar-refractivity contribution in [1.29, 1.82) is 0 Å². The van der Waals surface area contributed by atoms with Crippen LogP contribution < -0.4 is 5.73 Å². The average molecular weight is 196 g/mol. The summed E-state index contributed by atoms with van der Waals surface area (Å²) in [5.74, 6) is 0. The van der Waals surface area contributed by atoms with E-state index in [0.717, 1.165) is 12.1 Å². The van der Waals surface area contributed by atoms with Gasteiger partial charge in [-0.1, -0.05) is 24.3 Å². The van der Waals surface area contributed by atoms with E-state index in [1.165, 1.54) is 0 Å². The van der Waals surface area contributed by atoms with Gasteiger partial charge in [0.05, 0.1) is 0 Å². The molecule has 78 valence electrons. The van der Waals surface area contributed by atoms with Gasteiger partial charge in [-0.15, -0.1) is 0 Å². The van der Waals surface area contributed by atoms with Crippen LogP contribution >= 0.6 is 0 Å². The van der Waals surface area contributed by atoms with Crippen LogP contribution in [0.5, 0.6) is 0 Å². The molecule has 1 unspecified atom stereocenters. The molecule has 0 saturated carbocycles. The third-order valence-electron chi connectivity index (χ3n) is 2.02. The van der Waals surface area contributed by atoms with Crippen LogP contribution in [0.2, 0.25) is 0 Å². The molecule has 1 atom stereocenters. The van der Waals surface area contributed by atoms with Gasteiger partial charge in [-0.25, -0.2) is 4.39 Å². The lowest BCUT2D eigenvalue weighted by Crippen LogP contribution is -2.12. The summed E-state index contributed by atoms with van der Waals surface area (Å²) in [6, 6.07) is 7.51. The van der Waals surface area contributed by atoms with Gasteiger partial charge in [-0.2, -0.15) is 0 Å². The molecule has 0 radical (unpaired) electrons. The third kappa shape index (κ3) is 3.09. The summed E-state index contributed by atoms with van der Waals surface area (Å²) >= 11 is 0. The van der Waals surface area contributed by atoms with Gasteiger partial charge in [0.25, 0.3) is 0 Å². The number of hydrogen-bond donors (Lipinski definition) is 1. The summed E-state index contributed by atoms with van der Waals surface area (Å²) in [7, 11) is 3.98. The molecule has 14 heavy (non-hydrogen) atoms. The Balaban J connectivity index is 2.78. The lowest BCUT2D eigenvalue weighted by Gasteiger charge is -2.12. The predicted octanol–water partition coefficient (Wildman–Crippen LogP) is 1.72. The van der Waals surface area contributed by atoms with Crippen molar-refractivity contribution in [3.05, 3.63) is 35.4 Å². The van der Waals surface area contributed by atoms with Gasteiger partial charge in [0.2, 0.25) is 0 Å². The lowest BCUT2D eigenvalue weighted by atomic mass is 10.1. The third-order valence-corrected chi connectivity index (χ3v) is 2.02. The van der Waals surface area contributed by atoms with Crippen LogP contribution in [0.15, 0.2) is 24.3 Å². The molecule has 0 aromatic heterocycles. The minimum Gasteiger partial charge on any atom is -0.327 e. The molecule has 1 rings (SSSR count). The molecule has 0 aliphatic rings. The molecule has 0 spiro atoms. The Bertz CT molecular complexity index is 286. The first kappa shape index (κ1) is 11.1. The van der Waals surface area contributed by atoms with E-state index >= 15 is 0 Å². The summed E-state index contributed by atoms with van der Waals surface area (Å²) in [4.78, 5) is 2.05. The largest absolute Gasteiger partial charge is 0.327 e. The van der Waals surface area contributed by atoms with E-state index in [4.69, 9.17) is 5.73 Å². The minimum absolute atomic E-state index is 0.0470. The molecule has 0 saturated heterocycles. The first-order valence-corrected chi connectivity index (χ1v) is 4.71. The average Bonchev–Trinajstić information content (AvgIpc) is 2.16. The number of alkyl halides is 1. The van der Waals surface area contributed by atoms with E-state index in [1.807, 2.05) is 32.3 Å². The molecule has 3 heteroatoms. The van der Waals surface area contributed by atoms with Crippen LogP contribution in [0, 0.1) is 0 Å². The van der Waals surface area contributed by atoms with Crippen molar-refractivity contribution in [1.82, 2.24) is 4.90 Å². The molecular formula is C11H17FN2. The SMILES string of the molecule is CN(C)Cc1cccc(C(F)CN)c1. The fourth-order valence-electron chi connectivity index (χ4n) is 1.39. The van der Waals surface area contributed by atoms with Crippen molar-refractivity contribution in [2.45, 2.75) is 12.7 Å². The topological polar surface area (TPSA) is 29.3 Å². The van der Waals surface area contributed by atoms with Crippen LogP contribution in [0.1, 0.15) is 17.3 Å². The number of hydrogen-bond acceptors (Lipinski definition) is 2. The molecular weight excluding hydrogens is 179 g/mol. The zero-order chi connectivity index (χ0) is 10.6. The Morgan fingerprint density at radius 1 is 1.43 bits per heavy atom. The summed E-state index contributed by atoms with van der Waals surface area (Å²) in [5, 5.41) is 0. The summed E-state index contributed by atoms with van der Waals surface area (Å²) in [5.41, 5.74) is 7.06. The maximum Gasteiger partial charge on any atom is 0.137 e. The Hall–Kier alpha value is -0.930. The smallest absolute Gasteiger partial charge is 0.137 e. The van der Waals surface area contributed by atoms with E-state index in [1.54, 1.807) is 6.07 Å². The second kappa shape index (κ2) is 5.08. The van der Waals surface area contributed by atoms with Crippen molar-refractivity contribution in [2.75, 3.05) is 20.6 Å². The quantitative estimate of drug-likeness (QED) is 0.794. The van der Waals surface area contributed by atoms with Crippen LogP contribution in [-0.4, -0.2) is 25.5 Å². The first-order chi connectivity index (χ1) is 6.63. The summed E-state index contributed by atoms with van der Waals surface area (Å²) < 4.78 is 13.2. The van der Waals surface area contributed by atoms with E-state index < -0.39 is 6.17 Å². The van der Waals surface area contributed by atoms with Gasteiger partial charge in [0.15, 0.2) is 0 Å². The molecule has 2 nitrogen and oxygen atoms in total. The highest BCUT2D eigenvalue weighted by molar-refractivity contribution is 5.25. The summed E-state index contributed by atoms with van der Waals surface area (Å²) in [6.07, 6.45) is -1.04. The van der Waals surface area contributed by atoms with E-state index in [0.29, 0.717) is 5.56 Å². The highest BCUT2D eigenvalue weighted by Gasteiger charge is 2.07. The number of rotatable bonds is 4. The van der Waals surface area contributed by atoms with Crippen LogP contribution in [0.4, 0.5) is 4.39 Å². The lowest BCUT2D eigenvalue weighted by molar-refractivity contribution is 0.351. The van der Waals surface area contributed by atoms with Gasteiger partial charge < -0.3 is 10.6 Å². The van der Waals surface area contributed by atoms with E-state index in [9.17, 15) is 4.39 Å². The molecule has 2 N–H and O–H groups in total. The minimum atomic E-state index is -1.04. The van der Waals surface area contributed by atoms with Crippen LogP contribution in [0.3, 0.4) is 0 Å². The molecule has 0 heterocycles. The molecule has 0 amide bonds. The monoisotopic (exact) mass is 196 g/mol. The number of benzene rings is 1. The second-order valence-corrected chi connectivity index (χ2v) is 3.69. The van der Waals surface area contributed by atoms with Crippen molar-refractivity contribution in [2.24, 2.45) is 5.73 Å².